The predicted octanol–water partition coefficient (Wildman–Crippen LogP) is 0.914. The molecule has 2 aliphatic rings. The molecule has 1 amide bonds. The third-order valence-electron chi connectivity index (χ3n) is 4.78. The zero-order valence-corrected chi connectivity index (χ0v) is 13.0. The van der Waals surface area contributed by atoms with Gasteiger partial charge < -0.3 is 14.6 Å². The van der Waals surface area contributed by atoms with Gasteiger partial charge >= 0.3 is 7.12 Å². The van der Waals surface area contributed by atoms with E-state index in [0.29, 0.717) is 18.7 Å². The van der Waals surface area contributed by atoms with Gasteiger partial charge in [0.25, 0.3) is 5.91 Å². The lowest BCUT2D eigenvalue weighted by molar-refractivity contribution is -0.0937. The minimum atomic E-state index is -0.472. The van der Waals surface area contributed by atoms with Crippen LogP contribution in [0.2, 0.25) is 0 Å². The number of fused-ring (bicyclic) bond motifs is 1. The zero-order valence-electron chi connectivity index (χ0n) is 13.0. The zero-order chi connectivity index (χ0) is 15.3. The molecule has 0 bridgehead atoms. The molecule has 0 saturated carbocycles. The van der Waals surface area contributed by atoms with Crippen LogP contribution in [0.1, 0.15) is 43.7 Å². The number of hydrogen-bond acceptors (Lipinski definition) is 4. The van der Waals surface area contributed by atoms with Crippen molar-refractivity contribution >= 4 is 18.5 Å². The van der Waals surface area contributed by atoms with Crippen LogP contribution in [-0.2, 0) is 15.7 Å². The molecule has 0 spiro atoms. The molecule has 0 atom stereocenters. The fraction of sp³-hybridized carbons (Fsp3) is 0.600. The standard InChI is InChI=1S/C15H21BN2O3/c1-14(2)9-20-16(21-15(14,3)4)10-7-11-12(18-8-10)5-6-17-13(11)19/h7-8H,5-6,9H2,1-4H3,(H,17,19). The Bertz CT molecular complexity index is 586. The summed E-state index contributed by atoms with van der Waals surface area (Å²) in [5.41, 5.74) is 1.90. The third kappa shape index (κ3) is 2.47. The van der Waals surface area contributed by atoms with Crippen LogP contribution >= 0.6 is 0 Å². The average Bonchev–Trinajstić information content (AvgIpc) is 2.42. The highest BCUT2D eigenvalue weighted by Gasteiger charge is 2.47. The van der Waals surface area contributed by atoms with Crippen LogP contribution in [-0.4, -0.2) is 36.8 Å². The first kappa shape index (κ1) is 14.5. The van der Waals surface area contributed by atoms with Crippen LogP contribution in [0.25, 0.3) is 0 Å². The lowest BCUT2D eigenvalue weighted by Crippen LogP contribution is -2.58. The van der Waals surface area contributed by atoms with Crippen molar-refractivity contribution in [3.63, 3.8) is 0 Å². The first-order chi connectivity index (χ1) is 9.80. The monoisotopic (exact) mass is 288 g/mol. The minimum absolute atomic E-state index is 0.0670. The molecule has 1 N–H and O–H groups in total. The summed E-state index contributed by atoms with van der Waals surface area (Å²) in [6, 6.07) is 1.84. The summed E-state index contributed by atoms with van der Waals surface area (Å²) >= 11 is 0. The Morgan fingerprint density at radius 2 is 2.10 bits per heavy atom. The van der Waals surface area contributed by atoms with Gasteiger partial charge in [-0.2, -0.15) is 0 Å². The maximum Gasteiger partial charge on any atom is 0.495 e. The number of carbonyl (C=O) groups is 1. The van der Waals surface area contributed by atoms with Gasteiger partial charge in [0.05, 0.1) is 16.9 Å². The largest absolute Gasteiger partial charge is 0.495 e. The van der Waals surface area contributed by atoms with Gasteiger partial charge in [-0.25, -0.2) is 0 Å². The third-order valence-corrected chi connectivity index (χ3v) is 4.78. The molecule has 1 saturated heterocycles. The van der Waals surface area contributed by atoms with Crippen molar-refractivity contribution in [2.24, 2.45) is 5.41 Å². The lowest BCUT2D eigenvalue weighted by Gasteiger charge is -2.47. The van der Waals surface area contributed by atoms with Gasteiger partial charge in [0.15, 0.2) is 0 Å². The Morgan fingerprint density at radius 1 is 1.33 bits per heavy atom. The van der Waals surface area contributed by atoms with Crippen molar-refractivity contribution in [2.75, 3.05) is 13.2 Å². The van der Waals surface area contributed by atoms with Gasteiger partial charge in [-0.05, 0) is 19.9 Å². The number of rotatable bonds is 1. The van der Waals surface area contributed by atoms with Crippen LogP contribution < -0.4 is 10.8 Å². The van der Waals surface area contributed by atoms with Crippen molar-refractivity contribution in [3.05, 3.63) is 23.5 Å². The summed E-state index contributed by atoms with van der Waals surface area (Å²) in [5, 5.41) is 2.84. The van der Waals surface area contributed by atoms with Crippen LogP contribution in [0.4, 0.5) is 0 Å². The van der Waals surface area contributed by atoms with E-state index in [1.54, 1.807) is 6.20 Å². The molecule has 0 aliphatic carbocycles. The molecule has 0 aromatic carbocycles. The average molecular weight is 288 g/mol. The molecular formula is C15H21BN2O3. The highest BCUT2D eigenvalue weighted by Crippen LogP contribution is 2.38. The van der Waals surface area contributed by atoms with E-state index in [4.69, 9.17) is 9.31 Å². The van der Waals surface area contributed by atoms with Crippen LogP contribution in [0, 0.1) is 5.41 Å². The molecule has 21 heavy (non-hydrogen) atoms. The number of pyridine rings is 1. The minimum Gasteiger partial charge on any atom is -0.407 e. The Labute approximate surface area is 125 Å². The van der Waals surface area contributed by atoms with Crippen molar-refractivity contribution in [3.8, 4) is 0 Å². The molecule has 0 radical (unpaired) electrons. The predicted molar refractivity (Wildman–Crippen MR) is 80.6 cm³/mol. The summed E-state index contributed by atoms with van der Waals surface area (Å²) in [6.07, 6.45) is 2.53. The first-order valence-corrected chi connectivity index (χ1v) is 7.37. The maximum atomic E-state index is 11.9. The van der Waals surface area contributed by atoms with E-state index >= 15 is 0 Å². The molecule has 3 heterocycles. The highest BCUT2D eigenvalue weighted by atomic mass is 16.6. The SMILES string of the molecule is CC1(C)COB(c2cnc3c(c2)C(=O)NCC3)OC1(C)C. The Hall–Kier alpha value is -1.40. The topological polar surface area (TPSA) is 60.5 Å². The van der Waals surface area contributed by atoms with Gasteiger partial charge in [0.2, 0.25) is 0 Å². The normalized spacial score (nSPS) is 23.4. The van der Waals surface area contributed by atoms with Crippen molar-refractivity contribution in [2.45, 2.75) is 39.7 Å². The number of nitrogens with one attached hydrogen (secondary N) is 1. The van der Waals surface area contributed by atoms with Crippen LogP contribution in [0.3, 0.4) is 0 Å². The van der Waals surface area contributed by atoms with Gasteiger partial charge in [0.1, 0.15) is 0 Å². The van der Waals surface area contributed by atoms with E-state index in [9.17, 15) is 4.79 Å². The Balaban J connectivity index is 1.89. The molecule has 0 unspecified atom stereocenters. The first-order valence-electron chi connectivity index (χ1n) is 7.37. The molecule has 1 aromatic rings. The summed E-state index contributed by atoms with van der Waals surface area (Å²) in [7, 11) is -0.472. The summed E-state index contributed by atoms with van der Waals surface area (Å²) in [6.45, 7) is 9.65. The highest BCUT2D eigenvalue weighted by molar-refractivity contribution is 6.61. The van der Waals surface area contributed by atoms with Crippen LogP contribution in [0.5, 0.6) is 0 Å². The van der Waals surface area contributed by atoms with Crippen molar-refractivity contribution in [1.29, 1.82) is 0 Å². The van der Waals surface area contributed by atoms with E-state index < -0.39 is 7.12 Å². The Morgan fingerprint density at radius 3 is 2.81 bits per heavy atom. The molecule has 112 valence electrons. The smallest absolute Gasteiger partial charge is 0.407 e. The van der Waals surface area contributed by atoms with Gasteiger partial charge in [-0.3, -0.25) is 9.78 Å². The number of nitrogens with zero attached hydrogens (tertiary/aromatic N) is 1. The number of aromatic nitrogens is 1. The molecule has 3 rings (SSSR count). The molecule has 2 aliphatic heterocycles. The molecule has 5 nitrogen and oxygen atoms in total. The van der Waals surface area contributed by atoms with Gasteiger partial charge in [-0.15, -0.1) is 0 Å². The molecule has 1 fully saturated rings. The molecule has 6 heteroatoms. The number of carbonyl (C=O) groups excluding carboxylic acids is 1. The van der Waals surface area contributed by atoms with E-state index in [-0.39, 0.29) is 16.9 Å². The summed E-state index contributed by atoms with van der Waals surface area (Å²) in [5.74, 6) is -0.0685. The quantitative estimate of drug-likeness (QED) is 0.780. The Kier molecular flexibility index (Phi) is 3.33. The lowest BCUT2D eigenvalue weighted by atomic mass is 9.69. The molecular weight excluding hydrogens is 267 g/mol. The second-order valence-corrected chi connectivity index (χ2v) is 6.92. The van der Waals surface area contributed by atoms with E-state index in [0.717, 1.165) is 17.6 Å². The van der Waals surface area contributed by atoms with Gasteiger partial charge in [-0.1, -0.05) is 13.8 Å². The second-order valence-electron chi connectivity index (χ2n) is 6.92. The van der Waals surface area contributed by atoms with E-state index in [1.165, 1.54) is 0 Å². The van der Waals surface area contributed by atoms with E-state index in [1.807, 2.05) is 6.07 Å². The van der Waals surface area contributed by atoms with E-state index in [2.05, 4.69) is 38.0 Å². The fourth-order valence-electron chi connectivity index (χ4n) is 2.51. The second kappa shape index (κ2) is 4.82. The van der Waals surface area contributed by atoms with Gasteiger partial charge in [0, 0.05) is 36.6 Å². The fourth-order valence-corrected chi connectivity index (χ4v) is 2.51. The summed E-state index contributed by atoms with van der Waals surface area (Å²) < 4.78 is 12.0. The van der Waals surface area contributed by atoms with Crippen LogP contribution in [0.15, 0.2) is 12.3 Å². The maximum absolute atomic E-state index is 11.9. The van der Waals surface area contributed by atoms with Crippen molar-refractivity contribution in [1.82, 2.24) is 10.3 Å². The number of hydrogen-bond donors (Lipinski definition) is 1. The molecule has 1 aromatic heterocycles. The number of amides is 1. The summed E-state index contributed by atoms with van der Waals surface area (Å²) in [4.78, 5) is 16.3. The van der Waals surface area contributed by atoms with Crippen molar-refractivity contribution < 1.29 is 14.1 Å².